The molecule has 0 atom stereocenters. The van der Waals surface area contributed by atoms with Gasteiger partial charge in [0, 0.05) is 66.8 Å². The minimum absolute atomic E-state index is 0.00259. The summed E-state index contributed by atoms with van der Waals surface area (Å²) in [5.41, 5.74) is 33.8. The van der Waals surface area contributed by atoms with E-state index in [4.69, 9.17) is 62.3 Å². The van der Waals surface area contributed by atoms with E-state index in [1.165, 1.54) is 146 Å². The molecule has 12 aromatic rings. The third-order valence-electron chi connectivity index (χ3n) is 15.9. The molecular weight excluding hydrogens is 1200 g/mol. The molecule has 0 fully saturated rings. The Bertz CT molecular complexity index is 4550. The first-order chi connectivity index (χ1) is 44.5. The summed E-state index contributed by atoms with van der Waals surface area (Å²) in [6, 6.07) is 32.5. The molecule has 1 heterocycles. The second kappa shape index (κ2) is 22.4. The monoisotopic (exact) mass is 1240 g/mol. The van der Waals surface area contributed by atoms with Gasteiger partial charge in [0.15, 0.2) is 69.0 Å². The highest BCUT2D eigenvalue weighted by atomic mass is 16.6. The number of phenols is 6. The Kier molecular flexibility index (Phi) is 14.2. The molecule has 1 aliphatic heterocycles. The number of benzene rings is 12. The van der Waals surface area contributed by atoms with E-state index >= 15 is 0 Å². The molecule has 0 aromatic heterocycles. The van der Waals surface area contributed by atoms with Crippen LogP contribution in [0.15, 0.2) is 146 Å². The van der Waals surface area contributed by atoms with E-state index in [-0.39, 0.29) is 131 Å². The van der Waals surface area contributed by atoms with Crippen LogP contribution in [-0.4, -0.2) is 89.1 Å². The van der Waals surface area contributed by atoms with Crippen LogP contribution in [0.1, 0.15) is 62.1 Å². The fourth-order valence-electron chi connectivity index (χ4n) is 11.7. The lowest BCUT2D eigenvalue weighted by atomic mass is 9.89. The van der Waals surface area contributed by atoms with Gasteiger partial charge >= 0.3 is 23.1 Å². The number of hydrogen-bond donors (Lipinski definition) is 12. The van der Waals surface area contributed by atoms with Crippen LogP contribution in [0.5, 0.6) is 69.0 Å². The van der Waals surface area contributed by atoms with Crippen LogP contribution in [0.3, 0.4) is 0 Å². The van der Waals surface area contributed by atoms with Crippen molar-refractivity contribution in [2.75, 3.05) is 0 Å². The zero-order chi connectivity index (χ0) is 65.6. The number of nitrogens with two attached hydrogens (primary N) is 6. The topological polar surface area (TPSA) is 435 Å². The maximum atomic E-state index is 12.7. The van der Waals surface area contributed by atoms with E-state index in [0.717, 1.165) is 0 Å². The molecule has 6 amide bonds. The first-order valence-electron chi connectivity index (χ1n) is 27.6. The van der Waals surface area contributed by atoms with Gasteiger partial charge in [0.1, 0.15) is 0 Å². The average Bonchev–Trinajstić information content (AvgIpc) is 0.783. The van der Waals surface area contributed by atoms with Crippen LogP contribution < -0.4 is 62.3 Å². The lowest BCUT2D eigenvalue weighted by Crippen LogP contribution is -2.15. The molecule has 0 spiro atoms. The van der Waals surface area contributed by atoms with E-state index in [2.05, 4.69) is 0 Å². The number of hydrogen-bond acceptors (Lipinski definition) is 18. The molecular formula is C66H42B3N6O18. The van der Waals surface area contributed by atoms with Crippen molar-refractivity contribution in [1.29, 1.82) is 0 Å². The number of carbonyl (C=O) groups excluding carboxylic acids is 6. The Morgan fingerprint density at radius 3 is 0.505 bits per heavy atom. The Morgan fingerprint density at radius 2 is 0.376 bits per heavy atom. The van der Waals surface area contributed by atoms with E-state index in [1.807, 2.05) is 0 Å². The zero-order valence-corrected chi connectivity index (χ0v) is 47.6. The molecule has 18 N–H and O–H groups in total. The highest BCUT2D eigenvalue weighted by Crippen LogP contribution is 2.56. The number of aromatic hydroxyl groups is 6. The summed E-state index contributed by atoms with van der Waals surface area (Å²) in [5, 5.41) is 75.8. The molecule has 13 rings (SSSR count). The summed E-state index contributed by atoms with van der Waals surface area (Å²) >= 11 is 0. The van der Waals surface area contributed by atoms with E-state index in [1.54, 1.807) is 0 Å². The molecule has 0 saturated carbocycles. The number of phenolic OH excluding ortho intramolecular Hbond substituents is 6. The molecule has 0 saturated heterocycles. The highest BCUT2D eigenvalue weighted by molar-refractivity contribution is 6.28. The summed E-state index contributed by atoms with van der Waals surface area (Å²) in [6.07, 6.45) is 0. The fourth-order valence-corrected chi connectivity index (χ4v) is 11.7. The van der Waals surface area contributed by atoms with Gasteiger partial charge in [-0.2, -0.15) is 0 Å². The minimum Gasteiger partial charge on any atom is -0.523 e. The molecule has 27 heteroatoms. The average molecular weight is 1240 g/mol. The highest BCUT2D eigenvalue weighted by Gasteiger charge is 2.33. The van der Waals surface area contributed by atoms with Gasteiger partial charge in [-0.05, 0) is 174 Å². The largest absolute Gasteiger partial charge is 0.658 e. The van der Waals surface area contributed by atoms with Crippen molar-refractivity contribution in [3.05, 3.63) is 179 Å². The SMILES string of the molecule is NC(=O)c1ccc2c3c(c(O)cc2c1)O[B]Oc1c(O)cc2cc(C(N)=O)ccc2c1-c1c(c(O)cc2cc(C(N)=O)ccc12)O[B]Oc1c(O)cc2cc(C(N)=O)ccc2c1-c1c(c(O)cc2cc(C(N)=O)ccc12)O[B]Oc1c(O)cc2cc(C(N)=O)ccc2c1-3. The number of fused-ring (bicyclic) bond motifs is 21. The van der Waals surface area contributed by atoms with Gasteiger partial charge in [0.25, 0.3) is 0 Å². The maximum Gasteiger partial charge on any atom is 0.658 e. The Labute approximate surface area is 524 Å². The number of carbonyl (C=O) groups is 6. The van der Waals surface area contributed by atoms with Crippen LogP contribution in [0.25, 0.3) is 98.0 Å². The summed E-state index contributed by atoms with van der Waals surface area (Å²) < 4.78 is 38.2. The minimum atomic E-state index is -0.846. The Hall–Kier alpha value is -13.2. The summed E-state index contributed by atoms with van der Waals surface area (Å²) in [7, 11) is 2.12. The van der Waals surface area contributed by atoms with Crippen molar-refractivity contribution in [1.82, 2.24) is 0 Å². The molecule has 1 aliphatic rings. The van der Waals surface area contributed by atoms with Crippen LogP contribution in [0, 0.1) is 0 Å². The molecule has 93 heavy (non-hydrogen) atoms. The number of rotatable bonds is 6. The fraction of sp³-hybridized carbons (Fsp3) is 0. The third-order valence-corrected chi connectivity index (χ3v) is 15.9. The lowest BCUT2D eigenvalue weighted by molar-refractivity contribution is 0.0992. The normalized spacial score (nSPS) is 12.1. The van der Waals surface area contributed by atoms with Crippen molar-refractivity contribution in [3.8, 4) is 102 Å². The van der Waals surface area contributed by atoms with Gasteiger partial charge in [0.05, 0.1) is 0 Å². The standard InChI is InChI=1S/C66H42B3N6O18/c70-61(82)25-1-7-37-31(13-25)19-43(76)55-49(37)50-38-8-2-26(62(71)83)14-32(38)20-44(77)56(50)89-68-91-58-46(79)22-34-16-29(65(74)86)5-11-41(34)53(58)54-42-12-6-30(66(75)87)18-36(42)24-48(81)60(54)93-69-92-59-47(80)23-35-17-28(64(73)85)4-10-40(35)52(59)51-39-9-3-27(63(72)84)15-33(39)21-45(78)57(51)90-67-88-55/h1-24,76-81H,(H2,70,82)(H2,71,83)(H2,72,84)(H2,73,85)(H2,74,86)(H2,75,87). The second-order valence-electron chi connectivity index (χ2n) is 21.4. The van der Waals surface area contributed by atoms with E-state index in [9.17, 15) is 59.4 Å². The lowest BCUT2D eigenvalue weighted by Gasteiger charge is -2.23. The molecule has 24 nitrogen and oxygen atoms in total. The van der Waals surface area contributed by atoms with Crippen molar-refractivity contribution in [2.45, 2.75) is 0 Å². The predicted molar refractivity (Wildman–Crippen MR) is 343 cm³/mol. The van der Waals surface area contributed by atoms with Crippen LogP contribution >= 0.6 is 0 Å². The second-order valence-corrected chi connectivity index (χ2v) is 21.4. The quantitative estimate of drug-likeness (QED) is 0.0708. The van der Waals surface area contributed by atoms with Crippen molar-refractivity contribution >= 4 is 123 Å². The number of primary amides is 6. The van der Waals surface area contributed by atoms with Crippen molar-refractivity contribution in [3.63, 3.8) is 0 Å². The van der Waals surface area contributed by atoms with Crippen molar-refractivity contribution < 1.29 is 87.3 Å². The van der Waals surface area contributed by atoms with E-state index < -0.39 is 104 Å². The van der Waals surface area contributed by atoms with Crippen LogP contribution in [0.4, 0.5) is 0 Å². The molecule has 3 radical (unpaired) electrons. The smallest absolute Gasteiger partial charge is 0.523 e. The van der Waals surface area contributed by atoms with Crippen LogP contribution in [-0.2, 0) is 0 Å². The molecule has 0 aliphatic carbocycles. The summed E-state index contributed by atoms with van der Waals surface area (Å²) in [4.78, 5) is 76.3. The third kappa shape index (κ3) is 10.1. The van der Waals surface area contributed by atoms with Gasteiger partial charge in [-0.1, -0.05) is 36.4 Å². The molecule has 453 valence electrons. The van der Waals surface area contributed by atoms with Gasteiger partial charge in [0.2, 0.25) is 35.4 Å². The zero-order valence-electron chi connectivity index (χ0n) is 47.6. The Balaban J connectivity index is 1.15. The van der Waals surface area contributed by atoms with Gasteiger partial charge in [-0.3, -0.25) is 28.8 Å². The first kappa shape index (κ1) is 58.8. The summed E-state index contributed by atoms with van der Waals surface area (Å²) in [6.45, 7) is 0. The predicted octanol–water partition coefficient (Wildman–Crippen LogP) is 7.72. The van der Waals surface area contributed by atoms with Crippen LogP contribution in [0.2, 0.25) is 0 Å². The Morgan fingerprint density at radius 1 is 0.237 bits per heavy atom. The van der Waals surface area contributed by atoms with Gasteiger partial charge in [-0.15, -0.1) is 0 Å². The van der Waals surface area contributed by atoms with E-state index in [0.29, 0.717) is 23.1 Å². The first-order valence-corrected chi connectivity index (χ1v) is 27.6. The molecule has 12 aromatic carbocycles. The molecule has 0 unspecified atom stereocenters. The molecule has 0 bridgehead atoms. The maximum absolute atomic E-state index is 12.7. The van der Waals surface area contributed by atoms with Gasteiger partial charge < -0.3 is 93.0 Å². The van der Waals surface area contributed by atoms with Gasteiger partial charge in [-0.25, -0.2) is 0 Å². The number of amides is 6. The summed E-state index contributed by atoms with van der Waals surface area (Å²) in [5.74, 6) is -11.8. The van der Waals surface area contributed by atoms with Crippen molar-refractivity contribution in [2.24, 2.45) is 34.4 Å².